The van der Waals surface area contributed by atoms with Gasteiger partial charge in [-0.1, -0.05) is 26.7 Å². The Balaban J connectivity index is 1.94. The number of ketones is 1. The molecule has 0 radical (unpaired) electrons. The van der Waals surface area contributed by atoms with Crippen LogP contribution in [0.5, 0.6) is 17.2 Å². The predicted octanol–water partition coefficient (Wildman–Crippen LogP) is 5.55. The minimum Gasteiger partial charge on any atom is -0.492 e. The van der Waals surface area contributed by atoms with Crippen LogP contribution >= 0.6 is 0 Å². The van der Waals surface area contributed by atoms with Crippen molar-refractivity contribution in [1.82, 2.24) is 0 Å². The Labute approximate surface area is 199 Å². The number of hydrogen-bond donors (Lipinski definition) is 1. The highest BCUT2D eigenvalue weighted by atomic mass is 16.7. The van der Waals surface area contributed by atoms with Gasteiger partial charge in [0.05, 0.1) is 23.8 Å². The Bertz CT molecular complexity index is 1110. The van der Waals surface area contributed by atoms with Crippen LogP contribution in [-0.4, -0.2) is 29.8 Å². The number of fused-ring (bicyclic) bond motifs is 1. The summed E-state index contributed by atoms with van der Waals surface area (Å²) in [6, 6.07) is 10.4. The van der Waals surface area contributed by atoms with Gasteiger partial charge in [0.2, 0.25) is 6.29 Å². The summed E-state index contributed by atoms with van der Waals surface area (Å²) in [5, 5.41) is 18.3. The second-order valence-electron chi connectivity index (χ2n) is 8.03. The second kappa shape index (κ2) is 11.9. The summed E-state index contributed by atoms with van der Waals surface area (Å²) in [6.45, 7) is 4.48. The van der Waals surface area contributed by atoms with Gasteiger partial charge in [0, 0.05) is 30.0 Å². The molecule has 34 heavy (non-hydrogen) atoms. The van der Waals surface area contributed by atoms with Crippen LogP contribution in [-0.2, 0) is 11.2 Å². The largest absolute Gasteiger partial charge is 0.492 e. The highest BCUT2D eigenvalue weighted by Crippen LogP contribution is 2.37. The van der Waals surface area contributed by atoms with Crippen molar-refractivity contribution in [3.8, 4) is 23.3 Å². The number of ether oxygens (including phenoxy) is 3. The zero-order valence-electron chi connectivity index (χ0n) is 19.5. The highest BCUT2D eigenvalue weighted by molar-refractivity contribution is 6.00. The smallest absolute Gasteiger partial charge is 0.328 e. The molecule has 1 aliphatic rings. The molecule has 0 saturated heterocycles. The molecule has 0 saturated carbocycles. The summed E-state index contributed by atoms with van der Waals surface area (Å²) in [5.74, 6) is 0.580. The van der Waals surface area contributed by atoms with Crippen molar-refractivity contribution in [3.05, 3.63) is 58.7 Å². The molecular weight excluding hydrogens is 434 g/mol. The number of benzene rings is 2. The lowest BCUT2D eigenvalue weighted by molar-refractivity contribution is -0.131. The van der Waals surface area contributed by atoms with E-state index < -0.39 is 12.3 Å². The number of carbonyl (C=O) groups is 2. The van der Waals surface area contributed by atoms with Crippen molar-refractivity contribution >= 4 is 17.8 Å². The third kappa shape index (κ3) is 6.16. The Hall–Kier alpha value is -3.79. The molecule has 3 rings (SSSR count). The molecule has 0 spiro atoms. The maximum Gasteiger partial charge on any atom is 0.328 e. The number of Topliss-reactive ketones (excluding diaryl/α,β-unsaturated/α-hetero) is 1. The molecule has 1 aliphatic heterocycles. The molecule has 1 heterocycles. The van der Waals surface area contributed by atoms with E-state index >= 15 is 0 Å². The van der Waals surface area contributed by atoms with Crippen LogP contribution in [0.3, 0.4) is 0 Å². The fourth-order valence-corrected chi connectivity index (χ4v) is 3.78. The number of carboxylic acids is 1. The molecule has 0 bridgehead atoms. The summed E-state index contributed by atoms with van der Waals surface area (Å²) in [4.78, 5) is 23.4. The van der Waals surface area contributed by atoms with E-state index in [0.717, 1.165) is 30.9 Å². The van der Waals surface area contributed by atoms with Gasteiger partial charge in [-0.25, -0.2) is 4.79 Å². The maximum atomic E-state index is 12.3. The number of nitriles is 1. The Kier molecular flexibility index (Phi) is 8.69. The average Bonchev–Trinajstić information content (AvgIpc) is 2.83. The lowest BCUT2D eigenvalue weighted by Gasteiger charge is -2.26. The van der Waals surface area contributed by atoms with Crippen LogP contribution in [0.4, 0.5) is 0 Å². The Morgan fingerprint density at radius 3 is 2.68 bits per heavy atom. The van der Waals surface area contributed by atoms with Crippen molar-refractivity contribution < 1.29 is 28.9 Å². The van der Waals surface area contributed by atoms with Gasteiger partial charge in [-0.2, -0.15) is 5.26 Å². The number of carbonyl (C=O) groups excluding carboxylic acids is 1. The van der Waals surface area contributed by atoms with E-state index in [1.165, 1.54) is 6.08 Å². The normalized spacial score (nSPS) is 13.6. The molecule has 0 aromatic heterocycles. The number of rotatable bonds is 11. The molecule has 7 heteroatoms. The first kappa shape index (κ1) is 24.8. The quantitative estimate of drug-likeness (QED) is 0.344. The zero-order valence-corrected chi connectivity index (χ0v) is 19.5. The third-order valence-corrected chi connectivity index (χ3v) is 5.45. The molecule has 0 fully saturated rings. The molecule has 1 unspecified atom stereocenters. The van der Waals surface area contributed by atoms with Gasteiger partial charge in [-0.15, -0.1) is 0 Å². The highest BCUT2D eigenvalue weighted by Gasteiger charge is 2.25. The lowest BCUT2D eigenvalue weighted by atomic mass is 9.98. The van der Waals surface area contributed by atoms with Gasteiger partial charge < -0.3 is 19.3 Å². The molecule has 0 aliphatic carbocycles. The lowest BCUT2D eigenvalue weighted by Crippen LogP contribution is -2.25. The van der Waals surface area contributed by atoms with Crippen molar-refractivity contribution in [2.75, 3.05) is 6.61 Å². The summed E-state index contributed by atoms with van der Waals surface area (Å²) in [5.41, 5.74) is 2.30. The number of carboxylic acid groups (broad SMARTS) is 1. The van der Waals surface area contributed by atoms with Crippen LogP contribution in [0, 0.1) is 11.3 Å². The molecule has 2 aromatic rings. The molecule has 7 nitrogen and oxygen atoms in total. The van der Waals surface area contributed by atoms with Crippen LogP contribution in [0.15, 0.2) is 36.4 Å². The summed E-state index contributed by atoms with van der Waals surface area (Å²) >= 11 is 0. The minimum absolute atomic E-state index is 0.0661. The minimum atomic E-state index is -1.10. The van der Waals surface area contributed by atoms with Crippen LogP contribution in [0.1, 0.15) is 73.0 Å². The first-order valence-corrected chi connectivity index (χ1v) is 11.6. The summed E-state index contributed by atoms with van der Waals surface area (Å²) in [6.07, 6.45) is 6.04. The molecule has 1 atom stereocenters. The molecule has 2 aromatic carbocycles. The van der Waals surface area contributed by atoms with Crippen LogP contribution < -0.4 is 14.2 Å². The van der Waals surface area contributed by atoms with Gasteiger partial charge in [0.25, 0.3) is 0 Å². The molecular formula is C27H29NO6. The van der Waals surface area contributed by atoms with Crippen LogP contribution in [0.2, 0.25) is 0 Å². The molecule has 1 N–H and O–H groups in total. The predicted molar refractivity (Wildman–Crippen MR) is 127 cm³/mol. The number of unbranched alkanes of at least 4 members (excludes halogenated alkanes) is 1. The van der Waals surface area contributed by atoms with Crippen molar-refractivity contribution in [2.45, 2.75) is 58.7 Å². The van der Waals surface area contributed by atoms with E-state index in [4.69, 9.17) is 19.3 Å². The first-order valence-electron chi connectivity index (χ1n) is 11.6. The van der Waals surface area contributed by atoms with Gasteiger partial charge in [0.1, 0.15) is 17.2 Å². The van der Waals surface area contributed by atoms with E-state index in [9.17, 15) is 14.9 Å². The van der Waals surface area contributed by atoms with Crippen LogP contribution in [0.25, 0.3) is 6.08 Å². The maximum absolute atomic E-state index is 12.3. The fourth-order valence-electron chi connectivity index (χ4n) is 3.78. The molecule has 0 amide bonds. The second-order valence-corrected chi connectivity index (χ2v) is 8.03. The SMILES string of the molecule is CCCCC(Oc1ccc(C#N)cc1/C=C/C(=O)O)Oc1ccc2c(c1CCC)OCCC2=O. The van der Waals surface area contributed by atoms with E-state index in [0.29, 0.717) is 59.8 Å². The Morgan fingerprint density at radius 1 is 1.21 bits per heavy atom. The van der Waals surface area contributed by atoms with Crippen molar-refractivity contribution in [3.63, 3.8) is 0 Å². The van der Waals surface area contributed by atoms with Gasteiger partial charge in [-0.3, -0.25) is 4.79 Å². The Morgan fingerprint density at radius 2 is 1.97 bits per heavy atom. The van der Waals surface area contributed by atoms with E-state index in [1.807, 2.05) is 0 Å². The summed E-state index contributed by atoms with van der Waals surface area (Å²) in [7, 11) is 0. The summed E-state index contributed by atoms with van der Waals surface area (Å²) < 4.78 is 18.4. The zero-order chi connectivity index (χ0) is 24.5. The third-order valence-electron chi connectivity index (χ3n) is 5.45. The van der Waals surface area contributed by atoms with Gasteiger partial charge >= 0.3 is 5.97 Å². The first-order chi connectivity index (χ1) is 16.5. The monoisotopic (exact) mass is 463 g/mol. The van der Waals surface area contributed by atoms with E-state index in [-0.39, 0.29) is 5.78 Å². The van der Waals surface area contributed by atoms with Crippen molar-refractivity contribution in [1.29, 1.82) is 5.26 Å². The molecule has 178 valence electrons. The van der Waals surface area contributed by atoms with Crippen molar-refractivity contribution in [2.24, 2.45) is 0 Å². The average molecular weight is 464 g/mol. The number of aliphatic carboxylic acids is 1. The topological polar surface area (TPSA) is 106 Å². The standard InChI is InChI=1S/C27H29NO6/c1-3-5-7-26(33-23-11-8-18(17-28)16-19(23)9-13-25(30)31)34-24-12-10-20-22(29)14-15-32-27(20)21(24)6-4-2/h8-13,16,26H,3-7,14-15H2,1-2H3,(H,30,31)/b13-9+. The number of nitrogens with zero attached hydrogens (tertiary/aromatic N) is 1. The van der Waals surface area contributed by atoms with E-state index in [2.05, 4.69) is 19.9 Å². The van der Waals surface area contributed by atoms with E-state index in [1.54, 1.807) is 30.3 Å². The number of hydrogen-bond acceptors (Lipinski definition) is 6. The van der Waals surface area contributed by atoms with Gasteiger partial charge in [0.15, 0.2) is 5.78 Å². The fraction of sp³-hybridized carbons (Fsp3) is 0.370. The van der Waals surface area contributed by atoms with Gasteiger partial charge in [-0.05, 0) is 49.2 Å².